The Morgan fingerprint density at radius 3 is 3.19 bits per heavy atom. The number of likely N-dealkylation sites (N-methyl/N-ethyl adjacent to an activating group) is 1. The van der Waals surface area contributed by atoms with Crippen molar-refractivity contribution in [3.63, 3.8) is 0 Å². The Labute approximate surface area is 127 Å². The molecule has 0 saturated heterocycles. The second-order valence-electron chi connectivity index (χ2n) is 5.45. The maximum atomic E-state index is 11.5. The molecule has 5 nitrogen and oxygen atoms in total. The molecule has 2 aromatic rings. The van der Waals surface area contributed by atoms with Gasteiger partial charge in [0.25, 0.3) is 5.91 Å². The molecule has 1 atom stereocenters. The van der Waals surface area contributed by atoms with Gasteiger partial charge in [-0.25, -0.2) is 9.97 Å². The van der Waals surface area contributed by atoms with E-state index in [1.165, 1.54) is 23.2 Å². The van der Waals surface area contributed by atoms with Crippen molar-refractivity contribution < 1.29 is 9.53 Å². The first-order chi connectivity index (χ1) is 10.2. The lowest BCUT2D eigenvalue weighted by Gasteiger charge is -2.18. The van der Waals surface area contributed by atoms with Crippen LogP contribution in [-0.4, -0.2) is 29.0 Å². The Balaban J connectivity index is 1.90. The Hall–Kier alpha value is -1.69. The molecule has 0 aromatic carbocycles. The van der Waals surface area contributed by atoms with E-state index in [2.05, 4.69) is 22.2 Å². The van der Waals surface area contributed by atoms with E-state index < -0.39 is 0 Å². The predicted molar refractivity (Wildman–Crippen MR) is 82.8 cm³/mol. The maximum absolute atomic E-state index is 11.5. The Morgan fingerprint density at radius 2 is 2.38 bits per heavy atom. The standard InChI is InChI=1S/C15H19N3O2S/c1-3-16-12(19)7-20-14-13-10-5-4-9(2)6-11(10)21-15(13)18-8-17-14/h8-9H,3-7H2,1-2H3,(H,16,19)/t9-/m1/s1. The third kappa shape index (κ3) is 2.85. The van der Waals surface area contributed by atoms with Gasteiger partial charge in [-0.15, -0.1) is 11.3 Å². The fourth-order valence-corrected chi connectivity index (χ4v) is 4.08. The predicted octanol–water partition coefficient (Wildman–Crippen LogP) is 2.33. The second-order valence-corrected chi connectivity index (χ2v) is 6.54. The highest BCUT2D eigenvalue weighted by atomic mass is 32.1. The van der Waals surface area contributed by atoms with Crippen LogP contribution in [0.15, 0.2) is 6.33 Å². The first kappa shape index (κ1) is 14.3. The van der Waals surface area contributed by atoms with E-state index in [0.29, 0.717) is 12.4 Å². The van der Waals surface area contributed by atoms with Crippen LogP contribution in [0.5, 0.6) is 5.88 Å². The molecule has 1 amide bonds. The summed E-state index contributed by atoms with van der Waals surface area (Å²) in [6.07, 6.45) is 4.85. The van der Waals surface area contributed by atoms with Crippen LogP contribution >= 0.6 is 11.3 Å². The second kappa shape index (κ2) is 5.97. The van der Waals surface area contributed by atoms with Gasteiger partial charge >= 0.3 is 0 Å². The molecular weight excluding hydrogens is 286 g/mol. The Morgan fingerprint density at radius 1 is 1.52 bits per heavy atom. The number of carbonyl (C=O) groups excluding carboxylic acids is 1. The number of aryl methyl sites for hydroxylation is 1. The number of fused-ring (bicyclic) bond motifs is 3. The van der Waals surface area contributed by atoms with Crippen molar-refractivity contribution >= 4 is 27.5 Å². The van der Waals surface area contributed by atoms with E-state index in [9.17, 15) is 4.79 Å². The summed E-state index contributed by atoms with van der Waals surface area (Å²) in [5.74, 6) is 1.14. The number of nitrogens with one attached hydrogen (secondary N) is 1. The summed E-state index contributed by atoms with van der Waals surface area (Å²) in [5, 5.41) is 3.73. The zero-order valence-corrected chi connectivity index (χ0v) is 13.1. The molecule has 0 bridgehead atoms. The lowest BCUT2D eigenvalue weighted by atomic mass is 9.89. The van der Waals surface area contributed by atoms with Gasteiger partial charge in [0.2, 0.25) is 5.88 Å². The van der Waals surface area contributed by atoms with Crippen molar-refractivity contribution in [3.8, 4) is 5.88 Å². The average molecular weight is 305 g/mol. The van der Waals surface area contributed by atoms with Gasteiger partial charge in [-0.05, 0) is 37.7 Å². The number of rotatable bonds is 4. The molecule has 2 heterocycles. The van der Waals surface area contributed by atoms with Crippen LogP contribution in [0.25, 0.3) is 10.2 Å². The van der Waals surface area contributed by atoms with Crippen LogP contribution < -0.4 is 10.1 Å². The van der Waals surface area contributed by atoms with Crippen LogP contribution in [-0.2, 0) is 17.6 Å². The van der Waals surface area contributed by atoms with E-state index >= 15 is 0 Å². The quantitative estimate of drug-likeness (QED) is 0.941. The molecule has 112 valence electrons. The van der Waals surface area contributed by atoms with Crippen molar-refractivity contribution in [1.82, 2.24) is 15.3 Å². The Bertz CT molecular complexity index is 668. The number of nitrogens with zero attached hydrogens (tertiary/aromatic N) is 2. The summed E-state index contributed by atoms with van der Waals surface area (Å²) in [6.45, 7) is 4.77. The Kier molecular flexibility index (Phi) is 4.05. The first-order valence-corrected chi connectivity index (χ1v) is 8.15. The molecule has 1 aliphatic rings. The fourth-order valence-electron chi connectivity index (χ4n) is 2.74. The number of hydrogen-bond donors (Lipinski definition) is 1. The van der Waals surface area contributed by atoms with E-state index in [1.54, 1.807) is 11.3 Å². The minimum atomic E-state index is -0.123. The highest BCUT2D eigenvalue weighted by Gasteiger charge is 2.23. The summed E-state index contributed by atoms with van der Waals surface area (Å²) < 4.78 is 5.63. The normalized spacial score (nSPS) is 17.5. The SMILES string of the molecule is CCNC(=O)COc1ncnc2sc3c(c12)CC[C@@H](C)C3. The molecule has 1 aliphatic carbocycles. The summed E-state index contributed by atoms with van der Waals surface area (Å²) in [4.78, 5) is 22.5. The van der Waals surface area contributed by atoms with Crippen molar-refractivity contribution in [1.29, 1.82) is 0 Å². The van der Waals surface area contributed by atoms with Gasteiger partial charge in [-0.1, -0.05) is 6.92 Å². The van der Waals surface area contributed by atoms with Crippen molar-refractivity contribution in [2.45, 2.75) is 33.1 Å². The minimum absolute atomic E-state index is 0.000968. The molecule has 0 radical (unpaired) electrons. The van der Waals surface area contributed by atoms with Gasteiger partial charge in [-0.2, -0.15) is 0 Å². The molecule has 3 rings (SSSR count). The average Bonchev–Trinajstić information content (AvgIpc) is 2.83. The molecule has 6 heteroatoms. The van der Waals surface area contributed by atoms with Crippen LogP contribution in [0.3, 0.4) is 0 Å². The molecule has 0 aliphatic heterocycles. The smallest absolute Gasteiger partial charge is 0.257 e. The summed E-state index contributed by atoms with van der Waals surface area (Å²) in [5.41, 5.74) is 1.32. The molecule has 0 fully saturated rings. The van der Waals surface area contributed by atoms with Crippen LogP contribution in [0.4, 0.5) is 0 Å². The number of amides is 1. The zero-order valence-electron chi connectivity index (χ0n) is 12.3. The summed E-state index contributed by atoms with van der Waals surface area (Å²) >= 11 is 1.73. The van der Waals surface area contributed by atoms with E-state index in [1.807, 2.05) is 6.92 Å². The third-order valence-electron chi connectivity index (χ3n) is 3.77. The van der Waals surface area contributed by atoms with Crippen LogP contribution in [0.2, 0.25) is 0 Å². The highest BCUT2D eigenvalue weighted by molar-refractivity contribution is 7.18. The van der Waals surface area contributed by atoms with Gasteiger partial charge < -0.3 is 10.1 Å². The molecule has 1 N–H and O–H groups in total. The highest BCUT2D eigenvalue weighted by Crippen LogP contribution is 2.40. The van der Waals surface area contributed by atoms with E-state index in [4.69, 9.17) is 4.74 Å². The largest absolute Gasteiger partial charge is 0.467 e. The fraction of sp³-hybridized carbons (Fsp3) is 0.533. The van der Waals surface area contributed by atoms with E-state index in [-0.39, 0.29) is 12.5 Å². The summed E-state index contributed by atoms with van der Waals surface area (Å²) in [7, 11) is 0. The molecular formula is C15H19N3O2S. The van der Waals surface area contributed by atoms with Crippen LogP contribution in [0, 0.1) is 5.92 Å². The number of carbonyl (C=O) groups is 1. The zero-order chi connectivity index (χ0) is 14.8. The molecule has 0 saturated carbocycles. The van der Waals surface area contributed by atoms with Gasteiger partial charge in [0.15, 0.2) is 6.61 Å². The molecule has 21 heavy (non-hydrogen) atoms. The number of hydrogen-bond acceptors (Lipinski definition) is 5. The first-order valence-electron chi connectivity index (χ1n) is 7.33. The molecule has 2 aromatic heterocycles. The topological polar surface area (TPSA) is 64.1 Å². The summed E-state index contributed by atoms with van der Waals surface area (Å²) in [6, 6.07) is 0. The lowest BCUT2D eigenvalue weighted by Crippen LogP contribution is -2.28. The monoisotopic (exact) mass is 305 g/mol. The number of thiophene rings is 1. The number of aromatic nitrogens is 2. The third-order valence-corrected chi connectivity index (χ3v) is 4.93. The van der Waals surface area contributed by atoms with Gasteiger partial charge in [0, 0.05) is 11.4 Å². The lowest BCUT2D eigenvalue weighted by molar-refractivity contribution is -0.123. The van der Waals surface area contributed by atoms with E-state index in [0.717, 1.165) is 29.0 Å². The van der Waals surface area contributed by atoms with Crippen molar-refractivity contribution in [3.05, 3.63) is 16.8 Å². The molecule has 0 spiro atoms. The number of ether oxygens (including phenoxy) is 1. The van der Waals surface area contributed by atoms with Gasteiger partial charge in [-0.3, -0.25) is 4.79 Å². The maximum Gasteiger partial charge on any atom is 0.257 e. The molecule has 0 unspecified atom stereocenters. The van der Waals surface area contributed by atoms with Gasteiger partial charge in [0.1, 0.15) is 11.2 Å². The van der Waals surface area contributed by atoms with Crippen molar-refractivity contribution in [2.24, 2.45) is 5.92 Å². The van der Waals surface area contributed by atoms with Crippen molar-refractivity contribution in [2.75, 3.05) is 13.2 Å². The van der Waals surface area contributed by atoms with Crippen LogP contribution in [0.1, 0.15) is 30.7 Å². The minimum Gasteiger partial charge on any atom is -0.467 e. The van der Waals surface area contributed by atoms with Gasteiger partial charge in [0.05, 0.1) is 5.39 Å².